The molecule has 1 aliphatic rings. The zero-order valence-electron chi connectivity index (χ0n) is 13.3. The number of hydrogen-bond donors (Lipinski definition) is 0. The molecule has 2 aromatic rings. The van der Waals surface area contributed by atoms with E-state index in [2.05, 4.69) is 52.0 Å². The summed E-state index contributed by atoms with van der Waals surface area (Å²) in [4.78, 5) is 9.06. The van der Waals surface area contributed by atoms with Crippen molar-refractivity contribution in [3.05, 3.63) is 54.4 Å². The third kappa shape index (κ3) is 3.22. The Labute approximate surface area is 132 Å². The van der Waals surface area contributed by atoms with Crippen LogP contribution in [0.15, 0.2) is 48.8 Å². The van der Waals surface area contributed by atoms with Crippen molar-refractivity contribution < 1.29 is 4.74 Å². The molecule has 2 heterocycles. The topological polar surface area (TPSA) is 28.6 Å². The molecular weight excluding hydrogens is 274 g/mol. The Kier molecular flexibility index (Phi) is 4.59. The van der Waals surface area contributed by atoms with Crippen molar-refractivity contribution in [1.29, 1.82) is 0 Å². The van der Waals surface area contributed by atoms with Crippen LogP contribution in [0, 0.1) is 0 Å². The number of piperazine rings is 1. The van der Waals surface area contributed by atoms with Crippen LogP contribution in [0.5, 0.6) is 5.75 Å². The van der Waals surface area contributed by atoms with Crippen LogP contribution in [0.4, 0.5) is 5.69 Å². The maximum absolute atomic E-state index is 5.32. The number of rotatable bonds is 4. The average molecular weight is 297 g/mol. The Balaban J connectivity index is 1.62. The molecule has 1 aliphatic heterocycles. The lowest BCUT2D eigenvalue weighted by molar-refractivity contribution is 0.198. The fourth-order valence-corrected chi connectivity index (χ4v) is 3.03. The molecule has 0 N–H and O–H groups in total. The van der Waals surface area contributed by atoms with Gasteiger partial charge in [-0.15, -0.1) is 0 Å². The SMILES string of the molecule is COc1cccc(N2CCN(C(C)c3ccncc3)CC2)c1. The predicted octanol–water partition coefficient (Wildman–Crippen LogP) is 2.97. The Morgan fingerprint density at radius 1 is 1.05 bits per heavy atom. The van der Waals surface area contributed by atoms with E-state index < -0.39 is 0 Å². The zero-order valence-corrected chi connectivity index (χ0v) is 13.3. The predicted molar refractivity (Wildman–Crippen MR) is 89.4 cm³/mol. The summed E-state index contributed by atoms with van der Waals surface area (Å²) < 4.78 is 5.32. The molecule has 4 heteroatoms. The van der Waals surface area contributed by atoms with Gasteiger partial charge >= 0.3 is 0 Å². The molecule has 4 nitrogen and oxygen atoms in total. The number of methoxy groups -OCH3 is 1. The quantitative estimate of drug-likeness (QED) is 0.867. The van der Waals surface area contributed by atoms with E-state index in [1.165, 1.54) is 11.3 Å². The van der Waals surface area contributed by atoms with Crippen LogP contribution in [-0.4, -0.2) is 43.2 Å². The van der Waals surface area contributed by atoms with Gasteiger partial charge in [0, 0.05) is 56.4 Å². The fraction of sp³-hybridized carbons (Fsp3) is 0.389. The van der Waals surface area contributed by atoms with E-state index >= 15 is 0 Å². The molecule has 0 amide bonds. The van der Waals surface area contributed by atoms with Crippen molar-refractivity contribution in [3.63, 3.8) is 0 Å². The minimum atomic E-state index is 0.440. The van der Waals surface area contributed by atoms with Gasteiger partial charge in [-0.2, -0.15) is 0 Å². The molecule has 1 aromatic heterocycles. The van der Waals surface area contributed by atoms with E-state index in [1.807, 2.05) is 18.5 Å². The van der Waals surface area contributed by atoms with E-state index in [-0.39, 0.29) is 0 Å². The molecule has 0 spiro atoms. The minimum Gasteiger partial charge on any atom is -0.497 e. The van der Waals surface area contributed by atoms with Crippen LogP contribution >= 0.6 is 0 Å². The number of pyridine rings is 1. The van der Waals surface area contributed by atoms with Gasteiger partial charge in [0.1, 0.15) is 5.75 Å². The van der Waals surface area contributed by atoms with Crippen molar-refractivity contribution in [1.82, 2.24) is 9.88 Å². The third-order valence-electron chi connectivity index (χ3n) is 4.47. The molecule has 116 valence electrons. The summed E-state index contributed by atoms with van der Waals surface area (Å²) in [7, 11) is 1.72. The molecule has 0 saturated carbocycles. The first-order chi connectivity index (χ1) is 10.8. The fourth-order valence-electron chi connectivity index (χ4n) is 3.03. The van der Waals surface area contributed by atoms with Gasteiger partial charge in [0.05, 0.1) is 7.11 Å². The lowest BCUT2D eigenvalue weighted by atomic mass is 10.1. The van der Waals surface area contributed by atoms with E-state index in [1.54, 1.807) is 7.11 Å². The highest BCUT2D eigenvalue weighted by atomic mass is 16.5. The summed E-state index contributed by atoms with van der Waals surface area (Å²) in [5.74, 6) is 0.921. The maximum atomic E-state index is 5.32. The van der Waals surface area contributed by atoms with Crippen molar-refractivity contribution in [2.45, 2.75) is 13.0 Å². The van der Waals surface area contributed by atoms with E-state index in [0.717, 1.165) is 31.9 Å². The summed E-state index contributed by atoms with van der Waals surface area (Å²) in [5, 5.41) is 0. The van der Waals surface area contributed by atoms with Crippen LogP contribution < -0.4 is 9.64 Å². The number of hydrogen-bond acceptors (Lipinski definition) is 4. The van der Waals surface area contributed by atoms with E-state index in [4.69, 9.17) is 4.74 Å². The van der Waals surface area contributed by atoms with Gasteiger partial charge < -0.3 is 9.64 Å². The molecule has 1 aromatic carbocycles. The van der Waals surface area contributed by atoms with Crippen LogP contribution in [0.3, 0.4) is 0 Å². The Morgan fingerprint density at radius 2 is 1.77 bits per heavy atom. The summed E-state index contributed by atoms with van der Waals surface area (Å²) in [5.41, 5.74) is 2.58. The Morgan fingerprint density at radius 3 is 2.45 bits per heavy atom. The van der Waals surface area contributed by atoms with Crippen molar-refractivity contribution >= 4 is 5.69 Å². The number of aromatic nitrogens is 1. The average Bonchev–Trinajstić information content (AvgIpc) is 2.62. The van der Waals surface area contributed by atoms with Crippen LogP contribution in [0.25, 0.3) is 0 Å². The van der Waals surface area contributed by atoms with Gasteiger partial charge in [-0.05, 0) is 36.8 Å². The molecule has 1 atom stereocenters. The van der Waals surface area contributed by atoms with Gasteiger partial charge in [0.2, 0.25) is 0 Å². The zero-order chi connectivity index (χ0) is 15.4. The highest BCUT2D eigenvalue weighted by molar-refractivity contribution is 5.51. The number of anilines is 1. The molecule has 0 radical (unpaired) electrons. The number of benzene rings is 1. The molecule has 22 heavy (non-hydrogen) atoms. The van der Waals surface area contributed by atoms with Crippen LogP contribution in [0.1, 0.15) is 18.5 Å². The van der Waals surface area contributed by atoms with E-state index in [9.17, 15) is 0 Å². The largest absolute Gasteiger partial charge is 0.497 e. The molecule has 0 aliphatic carbocycles. The molecule has 0 bridgehead atoms. The molecule has 1 unspecified atom stereocenters. The van der Waals surface area contributed by atoms with Crippen LogP contribution in [0.2, 0.25) is 0 Å². The smallest absolute Gasteiger partial charge is 0.120 e. The minimum absolute atomic E-state index is 0.440. The molecule has 3 rings (SSSR count). The first-order valence-electron chi connectivity index (χ1n) is 7.81. The van der Waals surface area contributed by atoms with Gasteiger partial charge in [-0.1, -0.05) is 6.07 Å². The Bertz CT molecular complexity index is 594. The first kappa shape index (κ1) is 14.9. The summed E-state index contributed by atoms with van der Waals surface area (Å²) in [6.45, 7) is 6.50. The molecule has 1 saturated heterocycles. The lowest BCUT2D eigenvalue weighted by Gasteiger charge is -2.39. The highest BCUT2D eigenvalue weighted by Crippen LogP contribution is 2.25. The second kappa shape index (κ2) is 6.79. The summed E-state index contributed by atoms with van der Waals surface area (Å²) >= 11 is 0. The molecule has 1 fully saturated rings. The summed E-state index contributed by atoms with van der Waals surface area (Å²) in [6.07, 6.45) is 3.75. The van der Waals surface area contributed by atoms with Crippen molar-refractivity contribution in [2.75, 3.05) is 38.2 Å². The van der Waals surface area contributed by atoms with E-state index in [0.29, 0.717) is 6.04 Å². The normalized spacial score (nSPS) is 17.3. The third-order valence-corrected chi connectivity index (χ3v) is 4.47. The molecular formula is C18H23N3O. The number of nitrogens with zero attached hydrogens (tertiary/aromatic N) is 3. The van der Waals surface area contributed by atoms with Gasteiger partial charge in [0.25, 0.3) is 0 Å². The second-order valence-electron chi connectivity index (χ2n) is 5.68. The van der Waals surface area contributed by atoms with Gasteiger partial charge in [-0.25, -0.2) is 0 Å². The first-order valence-corrected chi connectivity index (χ1v) is 7.81. The van der Waals surface area contributed by atoms with Gasteiger partial charge in [-0.3, -0.25) is 9.88 Å². The van der Waals surface area contributed by atoms with Crippen molar-refractivity contribution in [3.8, 4) is 5.75 Å². The number of ether oxygens (including phenoxy) is 1. The highest BCUT2D eigenvalue weighted by Gasteiger charge is 2.22. The monoisotopic (exact) mass is 297 g/mol. The second-order valence-corrected chi connectivity index (χ2v) is 5.68. The Hall–Kier alpha value is -2.07. The lowest BCUT2D eigenvalue weighted by Crippen LogP contribution is -2.47. The van der Waals surface area contributed by atoms with Gasteiger partial charge in [0.15, 0.2) is 0 Å². The standard InChI is InChI=1S/C18H23N3O/c1-15(16-6-8-19-9-7-16)20-10-12-21(13-11-20)17-4-3-5-18(14-17)22-2/h3-9,14-15H,10-13H2,1-2H3. The van der Waals surface area contributed by atoms with Crippen LogP contribution in [-0.2, 0) is 0 Å². The maximum Gasteiger partial charge on any atom is 0.120 e. The summed E-state index contributed by atoms with van der Waals surface area (Å²) in [6, 6.07) is 13.0. The van der Waals surface area contributed by atoms with Crippen molar-refractivity contribution in [2.24, 2.45) is 0 Å².